The SMILES string of the molecule is COCCCS(=O)(=O)N1C[C@H](C)Oc2cc(C)c(Br)cc21. The van der Waals surface area contributed by atoms with E-state index in [1.807, 2.05) is 26.0 Å². The van der Waals surface area contributed by atoms with E-state index < -0.39 is 10.0 Å². The van der Waals surface area contributed by atoms with Crippen molar-refractivity contribution in [2.45, 2.75) is 26.4 Å². The molecular formula is C14H20BrNO4S. The summed E-state index contributed by atoms with van der Waals surface area (Å²) in [5, 5.41) is 0. The molecule has 0 aromatic heterocycles. The molecule has 0 bridgehead atoms. The summed E-state index contributed by atoms with van der Waals surface area (Å²) >= 11 is 3.45. The molecule has 1 heterocycles. The summed E-state index contributed by atoms with van der Waals surface area (Å²) < 4.78 is 38.2. The Morgan fingerprint density at radius 3 is 2.86 bits per heavy atom. The van der Waals surface area contributed by atoms with Gasteiger partial charge in [-0.15, -0.1) is 0 Å². The Morgan fingerprint density at radius 2 is 2.19 bits per heavy atom. The first-order valence-electron chi connectivity index (χ1n) is 6.81. The van der Waals surface area contributed by atoms with Crippen molar-refractivity contribution >= 4 is 31.6 Å². The summed E-state index contributed by atoms with van der Waals surface area (Å²) in [6.45, 7) is 4.59. The number of ether oxygens (including phenoxy) is 2. The third-order valence-electron chi connectivity index (χ3n) is 3.35. The monoisotopic (exact) mass is 377 g/mol. The van der Waals surface area contributed by atoms with Gasteiger partial charge in [0.2, 0.25) is 10.0 Å². The highest BCUT2D eigenvalue weighted by Crippen LogP contribution is 2.39. The zero-order chi connectivity index (χ0) is 15.6. The molecule has 0 radical (unpaired) electrons. The van der Waals surface area contributed by atoms with E-state index in [0.29, 0.717) is 31.0 Å². The molecule has 0 saturated heterocycles. The average molecular weight is 378 g/mol. The van der Waals surface area contributed by atoms with Crippen LogP contribution < -0.4 is 9.04 Å². The second kappa shape index (κ2) is 6.54. The number of fused-ring (bicyclic) bond motifs is 1. The van der Waals surface area contributed by atoms with Crippen molar-refractivity contribution in [3.05, 3.63) is 22.2 Å². The van der Waals surface area contributed by atoms with Crippen LogP contribution in [0.1, 0.15) is 18.9 Å². The van der Waals surface area contributed by atoms with E-state index in [2.05, 4.69) is 15.9 Å². The van der Waals surface area contributed by atoms with Gasteiger partial charge >= 0.3 is 0 Å². The highest BCUT2D eigenvalue weighted by Gasteiger charge is 2.31. The number of hydrogen-bond donors (Lipinski definition) is 0. The Hall–Kier alpha value is -0.790. The van der Waals surface area contributed by atoms with Crippen molar-refractivity contribution in [2.75, 3.05) is 30.3 Å². The molecule has 1 atom stereocenters. The van der Waals surface area contributed by atoms with E-state index in [-0.39, 0.29) is 11.9 Å². The molecule has 1 aliphatic heterocycles. The number of benzene rings is 1. The summed E-state index contributed by atoms with van der Waals surface area (Å²) in [6.07, 6.45) is 0.308. The van der Waals surface area contributed by atoms with Crippen molar-refractivity contribution < 1.29 is 17.9 Å². The van der Waals surface area contributed by atoms with Crippen molar-refractivity contribution in [3.8, 4) is 5.75 Å². The summed E-state index contributed by atoms with van der Waals surface area (Å²) in [5.41, 5.74) is 1.61. The molecule has 0 N–H and O–H groups in total. The van der Waals surface area contributed by atoms with E-state index >= 15 is 0 Å². The lowest BCUT2D eigenvalue weighted by atomic mass is 10.2. The maximum atomic E-state index is 12.6. The third-order valence-corrected chi connectivity index (χ3v) is 6.02. The van der Waals surface area contributed by atoms with Crippen LogP contribution in [-0.2, 0) is 14.8 Å². The topological polar surface area (TPSA) is 55.8 Å². The van der Waals surface area contributed by atoms with Gasteiger partial charge in [-0.3, -0.25) is 4.31 Å². The first-order valence-corrected chi connectivity index (χ1v) is 9.21. The minimum absolute atomic E-state index is 0.0680. The number of rotatable bonds is 5. The van der Waals surface area contributed by atoms with Gasteiger partial charge in [-0.1, -0.05) is 15.9 Å². The number of aryl methyl sites for hydroxylation is 1. The Labute approximate surface area is 134 Å². The molecule has 0 fully saturated rings. The number of sulfonamides is 1. The molecule has 21 heavy (non-hydrogen) atoms. The fourth-order valence-electron chi connectivity index (χ4n) is 2.28. The van der Waals surface area contributed by atoms with E-state index in [4.69, 9.17) is 9.47 Å². The molecule has 0 unspecified atom stereocenters. The fourth-order valence-corrected chi connectivity index (χ4v) is 4.19. The van der Waals surface area contributed by atoms with Crippen LogP contribution in [-0.4, -0.2) is 40.5 Å². The van der Waals surface area contributed by atoms with Crippen LogP contribution in [0.25, 0.3) is 0 Å². The van der Waals surface area contributed by atoms with Gasteiger partial charge in [0, 0.05) is 18.2 Å². The Balaban J connectivity index is 2.35. The zero-order valence-electron chi connectivity index (χ0n) is 12.4. The van der Waals surface area contributed by atoms with E-state index in [9.17, 15) is 8.42 Å². The lowest BCUT2D eigenvalue weighted by Crippen LogP contribution is -2.43. The van der Waals surface area contributed by atoms with Gasteiger partial charge < -0.3 is 9.47 Å². The number of anilines is 1. The average Bonchev–Trinajstić information content (AvgIpc) is 2.40. The van der Waals surface area contributed by atoms with Gasteiger partial charge in [-0.05, 0) is 38.0 Å². The quantitative estimate of drug-likeness (QED) is 0.740. The van der Waals surface area contributed by atoms with Crippen LogP contribution in [0.15, 0.2) is 16.6 Å². The van der Waals surface area contributed by atoms with E-state index in [1.54, 1.807) is 7.11 Å². The summed E-state index contributed by atoms with van der Waals surface area (Å²) in [7, 11) is -1.81. The molecule has 0 saturated carbocycles. The lowest BCUT2D eigenvalue weighted by Gasteiger charge is -2.34. The predicted molar refractivity (Wildman–Crippen MR) is 86.6 cm³/mol. The Kier molecular flexibility index (Phi) is 5.16. The van der Waals surface area contributed by atoms with Crippen molar-refractivity contribution in [1.29, 1.82) is 0 Å². The standard InChI is InChI=1S/C14H20BrNO4S/c1-10-7-14-13(8-12(10)15)16(9-11(2)20-14)21(17,18)6-4-5-19-3/h7-8,11H,4-6,9H2,1-3H3/t11-/m0/s1. The summed E-state index contributed by atoms with van der Waals surface area (Å²) in [6, 6.07) is 3.68. The predicted octanol–water partition coefficient (Wildman–Crippen LogP) is 2.71. The number of nitrogens with zero attached hydrogens (tertiary/aromatic N) is 1. The molecule has 5 nitrogen and oxygen atoms in total. The first-order chi connectivity index (χ1) is 9.85. The van der Waals surface area contributed by atoms with Gasteiger partial charge in [0.05, 0.1) is 18.0 Å². The molecule has 7 heteroatoms. The molecule has 0 spiro atoms. The third kappa shape index (κ3) is 3.70. The highest BCUT2D eigenvalue weighted by molar-refractivity contribution is 9.10. The van der Waals surface area contributed by atoms with E-state index in [1.165, 1.54) is 4.31 Å². The second-order valence-corrected chi connectivity index (χ2v) is 8.06. The molecule has 118 valence electrons. The van der Waals surface area contributed by atoms with Crippen molar-refractivity contribution in [1.82, 2.24) is 0 Å². The molecule has 2 rings (SSSR count). The van der Waals surface area contributed by atoms with Crippen LogP contribution >= 0.6 is 15.9 Å². The van der Waals surface area contributed by atoms with Gasteiger partial charge in [0.15, 0.2) is 0 Å². The van der Waals surface area contributed by atoms with Gasteiger partial charge in [-0.2, -0.15) is 0 Å². The van der Waals surface area contributed by atoms with Crippen molar-refractivity contribution in [2.24, 2.45) is 0 Å². The molecular weight excluding hydrogens is 358 g/mol. The smallest absolute Gasteiger partial charge is 0.235 e. The second-order valence-electron chi connectivity index (χ2n) is 5.19. The van der Waals surface area contributed by atoms with Gasteiger partial charge in [0.1, 0.15) is 11.9 Å². The summed E-state index contributed by atoms with van der Waals surface area (Å²) in [4.78, 5) is 0. The lowest BCUT2D eigenvalue weighted by molar-refractivity contribution is 0.199. The molecule has 1 aromatic carbocycles. The van der Waals surface area contributed by atoms with Crippen LogP contribution in [0.2, 0.25) is 0 Å². The molecule has 0 aliphatic carbocycles. The van der Waals surface area contributed by atoms with Crippen LogP contribution in [0.3, 0.4) is 0 Å². The van der Waals surface area contributed by atoms with Crippen molar-refractivity contribution in [3.63, 3.8) is 0 Å². The van der Waals surface area contributed by atoms with Crippen LogP contribution in [0, 0.1) is 6.92 Å². The summed E-state index contributed by atoms with van der Waals surface area (Å²) in [5.74, 6) is 0.683. The maximum Gasteiger partial charge on any atom is 0.235 e. The minimum Gasteiger partial charge on any atom is -0.487 e. The molecule has 1 aliphatic rings. The minimum atomic E-state index is -3.38. The molecule has 0 amide bonds. The number of methoxy groups -OCH3 is 1. The van der Waals surface area contributed by atoms with Gasteiger partial charge in [0.25, 0.3) is 0 Å². The molecule has 1 aromatic rings. The normalized spacial score (nSPS) is 18.3. The first kappa shape index (κ1) is 16.6. The largest absolute Gasteiger partial charge is 0.487 e. The number of halogens is 1. The Morgan fingerprint density at radius 1 is 1.48 bits per heavy atom. The number of hydrogen-bond acceptors (Lipinski definition) is 4. The van der Waals surface area contributed by atoms with E-state index in [0.717, 1.165) is 10.0 Å². The highest BCUT2D eigenvalue weighted by atomic mass is 79.9. The van der Waals surface area contributed by atoms with Gasteiger partial charge in [-0.25, -0.2) is 8.42 Å². The maximum absolute atomic E-state index is 12.6. The fraction of sp³-hybridized carbons (Fsp3) is 0.571. The van der Waals surface area contributed by atoms with Crippen LogP contribution in [0.4, 0.5) is 5.69 Å². The van der Waals surface area contributed by atoms with Crippen LogP contribution in [0.5, 0.6) is 5.75 Å². The Bertz CT molecular complexity index is 618. The zero-order valence-corrected chi connectivity index (χ0v) is 14.8.